The van der Waals surface area contributed by atoms with Crippen LogP contribution in [0.4, 0.5) is 5.69 Å². The molecule has 1 aliphatic heterocycles. The van der Waals surface area contributed by atoms with Crippen molar-refractivity contribution in [2.75, 3.05) is 4.90 Å². The van der Waals surface area contributed by atoms with Gasteiger partial charge >= 0.3 is 0 Å². The van der Waals surface area contributed by atoms with Gasteiger partial charge in [-0.15, -0.1) is 0 Å². The summed E-state index contributed by atoms with van der Waals surface area (Å²) in [7, 11) is 0. The Morgan fingerprint density at radius 2 is 2.09 bits per heavy atom. The fraction of sp³-hybridized carbons (Fsp3) is 0.353. The summed E-state index contributed by atoms with van der Waals surface area (Å²) in [5.41, 5.74) is 1.72. The van der Waals surface area contributed by atoms with E-state index in [1.165, 1.54) is 6.08 Å². The average molecular weight is 359 g/mol. The van der Waals surface area contributed by atoms with Gasteiger partial charge in [0.15, 0.2) is 5.78 Å². The molecule has 0 spiro atoms. The number of hydrogen-bond donors (Lipinski definition) is 0. The highest BCUT2D eigenvalue weighted by atomic mass is 79.9. The topological polar surface area (TPSA) is 61.2 Å². The van der Waals surface area contributed by atoms with Crippen molar-refractivity contribution in [3.05, 3.63) is 39.9 Å². The maximum absolute atomic E-state index is 12.4. The Morgan fingerprint density at radius 1 is 1.36 bits per heavy atom. The maximum atomic E-state index is 12.4. The number of nitrogens with zero attached hydrogens (tertiary/aromatic N) is 2. The van der Waals surface area contributed by atoms with Crippen LogP contribution in [-0.2, 0) is 9.59 Å². The predicted octanol–water partition coefficient (Wildman–Crippen LogP) is 3.35. The zero-order valence-corrected chi connectivity index (χ0v) is 14.0. The molecule has 0 N–H and O–H groups in total. The van der Waals surface area contributed by atoms with Crippen molar-refractivity contribution in [2.45, 2.75) is 32.7 Å². The van der Waals surface area contributed by atoms with E-state index in [-0.39, 0.29) is 23.1 Å². The van der Waals surface area contributed by atoms with Crippen molar-refractivity contribution in [1.82, 2.24) is 0 Å². The predicted molar refractivity (Wildman–Crippen MR) is 86.2 cm³/mol. The fourth-order valence-corrected chi connectivity index (χ4v) is 3.70. The monoisotopic (exact) mass is 358 g/mol. The lowest BCUT2D eigenvalue weighted by atomic mass is 9.72. The smallest absolute Gasteiger partial charge is 0.252 e. The molecule has 1 saturated carbocycles. The zero-order valence-electron chi connectivity index (χ0n) is 12.4. The summed E-state index contributed by atoms with van der Waals surface area (Å²) in [6.07, 6.45) is 2.70. The second-order valence-corrected chi connectivity index (χ2v) is 7.42. The second-order valence-electron chi connectivity index (χ2n) is 6.57. The largest absolute Gasteiger partial charge is 0.301 e. The standard InChI is InChI=1S/C17H15BrN2O2/c1-17(2)7-14-12(15(21)8-17)6-16(22)20(14)11-4-3-10(9-19)13(18)5-11/h3-6,14H,7-8H2,1-2H3. The molecule has 0 bridgehead atoms. The fourth-order valence-electron chi connectivity index (χ4n) is 3.24. The van der Waals surface area contributed by atoms with Crippen molar-refractivity contribution in [2.24, 2.45) is 5.41 Å². The lowest BCUT2D eigenvalue weighted by Gasteiger charge is -2.38. The molecular weight excluding hydrogens is 344 g/mol. The Bertz CT molecular complexity index is 758. The molecule has 5 heteroatoms. The first-order chi connectivity index (χ1) is 10.3. The van der Waals surface area contributed by atoms with E-state index in [4.69, 9.17) is 5.26 Å². The lowest BCUT2D eigenvalue weighted by molar-refractivity contribution is -0.119. The van der Waals surface area contributed by atoms with E-state index in [9.17, 15) is 9.59 Å². The molecule has 3 rings (SSSR count). The highest BCUT2D eigenvalue weighted by Crippen LogP contribution is 2.42. The van der Waals surface area contributed by atoms with Crippen molar-refractivity contribution in [3.8, 4) is 6.07 Å². The number of hydrogen-bond acceptors (Lipinski definition) is 3. The Morgan fingerprint density at radius 3 is 2.73 bits per heavy atom. The van der Waals surface area contributed by atoms with Gasteiger partial charge in [0.25, 0.3) is 5.91 Å². The van der Waals surface area contributed by atoms with Crippen molar-refractivity contribution < 1.29 is 9.59 Å². The minimum Gasteiger partial charge on any atom is -0.301 e. The molecule has 1 unspecified atom stereocenters. The number of benzene rings is 1. The zero-order chi connectivity index (χ0) is 16.1. The first-order valence-electron chi connectivity index (χ1n) is 7.10. The number of Topliss-reactive ketones (excluding diaryl/α,β-unsaturated/α-hetero) is 1. The van der Waals surface area contributed by atoms with Gasteiger partial charge < -0.3 is 4.90 Å². The molecular formula is C17H15BrN2O2. The average Bonchev–Trinajstić information content (AvgIpc) is 2.74. The van der Waals surface area contributed by atoms with Gasteiger partial charge in [0.1, 0.15) is 6.07 Å². The van der Waals surface area contributed by atoms with Crippen LogP contribution in [0.2, 0.25) is 0 Å². The van der Waals surface area contributed by atoms with Crippen LogP contribution in [0.3, 0.4) is 0 Å². The van der Waals surface area contributed by atoms with Crippen LogP contribution in [0.15, 0.2) is 34.3 Å². The summed E-state index contributed by atoms with van der Waals surface area (Å²) >= 11 is 3.35. The first-order valence-corrected chi connectivity index (χ1v) is 7.89. The lowest BCUT2D eigenvalue weighted by Crippen LogP contribution is -2.43. The molecule has 4 nitrogen and oxygen atoms in total. The second kappa shape index (κ2) is 5.06. The van der Waals surface area contributed by atoms with E-state index < -0.39 is 0 Å². The SMILES string of the molecule is CC1(C)CC(=O)C2=CC(=O)N(c3ccc(C#N)c(Br)c3)C2C1. The number of anilines is 1. The number of ketones is 1. The molecule has 1 amide bonds. The van der Waals surface area contributed by atoms with Crippen molar-refractivity contribution in [3.63, 3.8) is 0 Å². The number of halogens is 1. The van der Waals surface area contributed by atoms with Crippen LogP contribution in [0.25, 0.3) is 0 Å². The number of nitriles is 1. The molecule has 1 aromatic carbocycles. The van der Waals surface area contributed by atoms with E-state index in [0.29, 0.717) is 27.7 Å². The Hall–Kier alpha value is -1.93. The molecule has 0 aromatic heterocycles. The minimum absolute atomic E-state index is 0.0600. The third kappa shape index (κ3) is 2.38. The summed E-state index contributed by atoms with van der Waals surface area (Å²) < 4.78 is 0.648. The van der Waals surface area contributed by atoms with E-state index in [0.717, 1.165) is 6.42 Å². The van der Waals surface area contributed by atoms with Crippen LogP contribution in [-0.4, -0.2) is 17.7 Å². The third-order valence-electron chi connectivity index (χ3n) is 4.25. The maximum Gasteiger partial charge on any atom is 0.252 e. The molecule has 1 heterocycles. The number of carbonyl (C=O) groups excluding carboxylic acids is 2. The van der Waals surface area contributed by atoms with Crippen LogP contribution < -0.4 is 4.90 Å². The molecule has 1 fully saturated rings. The highest BCUT2D eigenvalue weighted by molar-refractivity contribution is 9.10. The Kier molecular flexibility index (Phi) is 3.45. The van der Waals surface area contributed by atoms with E-state index in [2.05, 4.69) is 35.8 Å². The number of carbonyl (C=O) groups is 2. The number of amides is 1. The number of fused-ring (bicyclic) bond motifs is 1. The van der Waals surface area contributed by atoms with Gasteiger partial charge in [-0.25, -0.2) is 0 Å². The Labute approximate surface area is 137 Å². The molecule has 1 aliphatic carbocycles. The summed E-state index contributed by atoms with van der Waals surface area (Å²) in [6.45, 7) is 4.11. The van der Waals surface area contributed by atoms with Gasteiger partial charge in [0.05, 0.1) is 11.6 Å². The summed E-state index contributed by atoms with van der Waals surface area (Å²) in [4.78, 5) is 26.3. The first kappa shape index (κ1) is 15.0. The third-order valence-corrected chi connectivity index (χ3v) is 4.90. The number of rotatable bonds is 1. The molecule has 1 atom stereocenters. The minimum atomic E-state index is -0.205. The molecule has 0 radical (unpaired) electrons. The van der Waals surface area contributed by atoms with E-state index in [1.807, 2.05) is 0 Å². The van der Waals surface area contributed by atoms with Crippen LogP contribution in [0.5, 0.6) is 0 Å². The van der Waals surface area contributed by atoms with Crippen molar-refractivity contribution in [1.29, 1.82) is 5.26 Å². The van der Waals surface area contributed by atoms with Crippen LogP contribution >= 0.6 is 15.9 Å². The summed E-state index contributed by atoms with van der Waals surface area (Å²) in [5.74, 6) is -0.104. The van der Waals surface area contributed by atoms with Gasteiger partial charge in [-0.2, -0.15) is 5.26 Å². The highest BCUT2D eigenvalue weighted by Gasteiger charge is 2.45. The van der Waals surface area contributed by atoms with E-state index in [1.54, 1.807) is 23.1 Å². The molecule has 0 saturated heterocycles. The van der Waals surface area contributed by atoms with Crippen LogP contribution in [0.1, 0.15) is 32.3 Å². The summed E-state index contributed by atoms with van der Waals surface area (Å²) in [5, 5.41) is 9.00. The van der Waals surface area contributed by atoms with Crippen molar-refractivity contribution >= 4 is 33.3 Å². The van der Waals surface area contributed by atoms with E-state index >= 15 is 0 Å². The molecule has 2 aliphatic rings. The Balaban J connectivity index is 2.02. The van der Waals surface area contributed by atoms with Gasteiger partial charge in [0.2, 0.25) is 0 Å². The normalized spacial score (nSPS) is 23.1. The van der Waals surface area contributed by atoms with Gasteiger partial charge in [-0.3, -0.25) is 9.59 Å². The van der Waals surface area contributed by atoms with Crippen LogP contribution in [0, 0.1) is 16.7 Å². The molecule has 22 heavy (non-hydrogen) atoms. The molecule has 1 aromatic rings. The summed E-state index contributed by atoms with van der Waals surface area (Å²) in [6, 6.07) is 7.08. The van der Waals surface area contributed by atoms with Gasteiger partial charge in [0, 0.05) is 28.2 Å². The van der Waals surface area contributed by atoms with Gasteiger partial charge in [-0.1, -0.05) is 13.8 Å². The molecule has 112 valence electrons. The quantitative estimate of drug-likeness (QED) is 0.773. The van der Waals surface area contributed by atoms with Gasteiger partial charge in [-0.05, 0) is 46.0 Å².